The van der Waals surface area contributed by atoms with Crippen LogP contribution in [0.4, 0.5) is 0 Å². The number of nitrogens with zero attached hydrogens (tertiary/aromatic N) is 1. The van der Waals surface area contributed by atoms with Gasteiger partial charge in [-0.05, 0) is 39.0 Å². The van der Waals surface area contributed by atoms with Gasteiger partial charge in [0, 0.05) is 11.5 Å². The molecular formula is C16H19NO4. The molecule has 0 bridgehead atoms. The maximum atomic E-state index is 11.7. The normalized spacial score (nSPS) is 10.7. The maximum absolute atomic E-state index is 11.7. The van der Waals surface area contributed by atoms with Gasteiger partial charge < -0.3 is 14.2 Å². The van der Waals surface area contributed by atoms with Crippen molar-refractivity contribution in [1.82, 2.24) is 4.98 Å². The van der Waals surface area contributed by atoms with Crippen LogP contribution in [0.3, 0.4) is 0 Å². The number of benzene rings is 1. The third kappa shape index (κ3) is 3.42. The molecule has 0 aliphatic heterocycles. The molecular weight excluding hydrogens is 270 g/mol. The summed E-state index contributed by atoms with van der Waals surface area (Å²) in [5, 5.41) is 0.808. The minimum absolute atomic E-state index is 0.0836. The van der Waals surface area contributed by atoms with Crippen LogP contribution in [0.1, 0.15) is 31.3 Å². The van der Waals surface area contributed by atoms with Gasteiger partial charge in [0.1, 0.15) is 11.5 Å². The molecule has 5 heteroatoms. The number of aromatic nitrogens is 1. The van der Waals surface area contributed by atoms with E-state index >= 15 is 0 Å². The topological polar surface area (TPSA) is 57.7 Å². The number of hydrogen-bond donors (Lipinski definition) is 0. The second-order valence-electron chi connectivity index (χ2n) is 4.78. The summed E-state index contributed by atoms with van der Waals surface area (Å²) in [6.45, 7) is 6.31. The van der Waals surface area contributed by atoms with Crippen LogP contribution in [-0.2, 0) is 4.74 Å². The van der Waals surface area contributed by atoms with Crippen molar-refractivity contribution < 1.29 is 19.0 Å². The zero-order chi connectivity index (χ0) is 15.4. The summed E-state index contributed by atoms with van der Waals surface area (Å²) >= 11 is 0. The second-order valence-corrected chi connectivity index (χ2v) is 4.78. The zero-order valence-corrected chi connectivity index (χ0v) is 12.7. The van der Waals surface area contributed by atoms with Gasteiger partial charge in [0.25, 0.3) is 0 Å². The molecule has 0 saturated carbocycles. The highest BCUT2D eigenvalue weighted by atomic mass is 16.5. The predicted octanol–water partition coefficient (Wildman–Crippen LogP) is 3.21. The Morgan fingerprint density at radius 1 is 1.29 bits per heavy atom. The molecule has 0 fully saturated rings. The largest absolute Gasteiger partial charge is 0.493 e. The lowest BCUT2D eigenvalue weighted by atomic mass is 10.1. The molecule has 2 rings (SSSR count). The van der Waals surface area contributed by atoms with Crippen LogP contribution in [0.2, 0.25) is 0 Å². The molecule has 0 aliphatic carbocycles. The minimum Gasteiger partial charge on any atom is -0.493 e. The summed E-state index contributed by atoms with van der Waals surface area (Å²) in [6.07, 6.45) is 0.0836. The Hall–Kier alpha value is -2.30. The van der Waals surface area contributed by atoms with Crippen molar-refractivity contribution in [3.05, 3.63) is 30.0 Å². The number of pyridine rings is 1. The molecule has 0 unspecified atom stereocenters. The SMILES string of the molecule is CCOc1cc(C(=O)OC)nc2ccc(OC(C)C)cc12. The second kappa shape index (κ2) is 6.43. The van der Waals surface area contributed by atoms with Gasteiger partial charge in [-0.3, -0.25) is 0 Å². The molecule has 112 valence electrons. The third-order valence-electron chi connectivity index (χ3n) is 2.81. The highest BCUT2D eigenvalue weighted by molar-refractivity contribution is 5.94. The van der Waals surface area contributed by atoms with E-state index in [9.17, 15) is 4.79 Å². The summed E-state index contributed by atoms with van der Waals surface area (Å²) in [4.78, 5) is 16.0. The minimum atomic E-state index is -0.486. The van der Waals surface area contributed by atoms with E-state index in [1.165, 1.54) is 7.11 Å². The summed E-state index contributed by atoms with van der Waals surface area (Å²) in [5.74, 6) is 0.850. The smallest absolute Gasteiger partial charge is 0.356 e. The molecule has 0 saturated heterocycles. The van der Waals surface area contributed by atoms with Crippen LogP contribution < -0.4 is 9.47 Å². The van der Waals surface area contributed by atoms with Gasteiger partial charge in [0.05, 0.1) is 25.3 Å². The highest BCUT2D eigenvalue weighted by Gasteiger charge is 2.14. The molecule has 1 aromatic heterocycles. The average Bonchev–Trinajstić information content (AvgIpc) is 2.46. The molecule has 21 heavy (non-hydrogen) atoms. The number of methoxy groups -OCH3 is 1. The van der Waals surface area contributed by atoms with E-state index in [-0.39, 0.29) is 11.8 Å². The van der Waals surface area contributed by atoms with Crippen LogP contribution in [0.15, 0.2) is 24.3 Å². The number of carbonyl (C=O) groups excluding carboxylic acids is 1. The molecule has 1 heterocycles. The highest BCUT2D eigenvalue weighted by Crippen LogP contribution is 2.29. The van der Waals surface area contributed by atoms with Gasteiger partial charge in [-0.25, -0.2) is 9.78 Å². The predicted molar refractivity (Wildman–Crippen MR) is 80.0 cm³/mol. The first kappa shape index (κ1) is 15.1. The summed E-state index contributed by atoms with van der Waals surface area (Å²) < 4.78 is 16.0. The fourth-order valence-corrected chi connectivity index (χ4v) is 2.00. The molecule has 0 amide bonds. The third-order valence-corrected chi connectivity index (χ3v) is 2.81. The molecule has 1 aromatic carbocycles. The van der Waals surface area contributed by atoms with E-state index in [1.54, 1.807) is 6.07 Å². The number of fused-ring (bicyclic) bond motifs is 1. The van der Waals surface area contributed by atoms with Crippen molar-refractivity contribution in [1.29, 1.82) is 0 Å². The van der Waals surface area contributed by atoms with Gasteiger partial charge in [-0.15, -0.1) is 0 Å². The lowest BCUT2D eigenvalue weighted by Gasteiger charge is -2.13. The van der Waals surface area contributed by atoms with Crippen LogP contribution in [0, 0.1) is 0 Å². The van der Waals surface area contributed by atoms with Crippen molar-refractivity contribution in [2.24, 2.45) is 0 Å². The number of ether oxygens (including phenoxy) is 3. The van der Waals surface area contributed by atoms with E-state index in [2.05, 4.69) is 4.98 Å². The standard InChI is InChI=1S/C16H19NO4/c1-5-20-15-9-14(16(18)19-4)17-13-7-6-11(8-12(13)15)21-10(2)3/h6-10H,5H2,1-4H3. The van der Waals surface area contributed by atoms with E-state index < -0.39 is 5.97 Å². The van der Waals surface area contributed by atoms with E-state index in [4.69, 9.17) is 14.2 Å². The molecule has 2 aromatic rings. The lowest BCUT2D eigenvalue weighted by molar-refractivity contribution is 0.0594. The molecule has 0 aliphatic rings. The van der Waals surface area contributed by atoms with Crippen molar-refractivity contribution in [3.63, 3.8) is 0 Å². The Labute approximate surface area is 123 Å². The van der Waals surface area contributed by atoms with E-state index in [0.29, 0.717) is 17.9 Å². The quantitative estimate of drug-likeness (QED) is 0.791. The first-order chi connectivity index (χ1) is 10.0. The van der Waals surface area contributed by atoms with Gasteiger partial charge in [-0.1, -0.05) is 0 Å². The van der Waals surface area contributed by atoms with Crippen LogP contribution in [0.25, 0.3) is 10.9 Å². The Balaban J connectivity index is 2.55. The Kier molecular flexibility index (Phi) is 4.62. The van der Waals surface area contributed by atoms with Crippen molar-refractivity contribution >= 4 is 16.9 Å². The maximum Gasteiger partial charge on any atom is 0.356 e. The molecule has 5 nitrogen and oxygen atoms in total. The monoisotopic (exact) mass is 289 g/mol. The summed E-state index contributed by atoms with van der Waals surface area (Å²) in [6, 6.07) is 7.10. The number of carbonyl (C=O) groups is 1. The van der Waals surface area contributed by atoms with Crippen molar-refractivity contribution in [3.8, 4) is 11.5 Å². The summed E-state index contributed by atoms with van der Waals surface area (Å²) in [7, 11) is 1.33. The van der Waals surface area contributed by atoms with Crippen molar-refractivity contribution in [2.45, 2.75) is 26.9 Å². The number of rotatable bonds is 5. The van der Waals surface area contributed by atoms with Crippen LogP contribution >= 0.6 is 0 Å². The molecule has 0 spiro atoms. The molecule has 0 atom stereocenters. The van der Waals surface area contributed by atoms with Crippen LogP contribution in [-0.4, -0.2) is 30.8 Å². The molecule has 0 N–H and O–H groups in total. The molecule has 0 radical (unpaired) electrons. The summed E-state index contributed by atoms with van der Waals surface area (Å²) in [5.41, 5.74) is 0.892. The van der Waals surface area contributed by atoms with E-state index in [0.717, 1.165) is 11.1 Å². The zero-order valence-electron chi connectivity index (χ0n) is 12.7. The van der Waals surface area contributed by atoms with Gasteiger partial charge >= 0.3 is 5.97 Å². The van der Waals surface area contributed by atoms with E-state index in [1.807, 2.05) is 39.0 Å². The number of esters is 1. The fraction of sp³-hybridized carbons (Fsp3) is 0.375. The first-order valence-corrected chi connectivity index (χ1v) is 6.87. The first-order valence-electron chi connectivity index (χ1n) is 6.87. The fourth-order valence-electron chi connectivity index (χ4n) is 2.00. The van der Waals surface area contributed by atoms with Crippen molar-refractivity contribution in [2.75, 3.05) is 13.7 Å². The lowest BCUT2D eigenvalue weighted by Crippen LogP contribution is -2.07. The van der Waals surface area contributed by atoms with Gasteiger partial charge in [0.15, 0.2) is 5.69 Å². The number of hydrogen-bond acceptors (Lipinski definition) is 5. The Morgan fingerprint density at radius 3 is 2.67 bits per heavy atom. The van der Waals surface area contributed by atoms with Gasteiger partial charge in [0.2, 0.25) is 0 Å². The Bertz CT molecular complexity index is 652. The Morgan fingerprint density at radius 2 is 2.05 bits per heavy atom. The van der Waals surface area contributed by atoms with Gasteiger partial charge in [-0.2, -0.15) is 0 Å². The van der Waals surface area contributed by atoms with Crippen LogP contribution in [0.5, 0.6) is 11.5 Å². The average molecular weight is 289 g/mol.